The molecule has 24 heavy (non-hydrogen) atoms. The minimum atomic E-state index is -1.37. The molecule has 0 unspecified atom stereocenters. The van der Waals surface area contributed by atoms with Crippen LogP contribution in [0.4, 0.5) is 10.2 Å². The number of fused-ring (bicyclic) bond motifs is 1. The molecule has 1 saturated heterocycles. The molecular weight excluding hydrogens is 315 g/mol. The van der Waals surface area contributed by atoms with Crippen LogP contribution in [0.25, 0.3) is 17.2 Å². The number of likely N-dealkylation sites (N-methyl/N-ethyl adjacent to an activating group) is 1. The maximum Gasteiger partial charge on any atom is 0.341 e. The van der Waals surface area contributed by atoms with Gasteiger partial charge in [-0.2, -0.15) is 0 Å². The van der Waals surface area contributed by atoms with Crippen LogP contribution in [0.3, 0.4) is 0 Å². The molecule has 0 bridgehead atoms. The summed E-state index contributed by atoms with van der Waals surface area (Å²) in [5.74, 6) is -1.85. The summed E-state index contributed by atoms with van der Waals surface area (Å²) in [6.45, 7) is 6.41. The fraction of sp³-hybridized carbons (Fsp3) is 0.312. The molecule has 1 N–H and O–H groups in total. The van der Waals surface area contributed by atoms with Crippen LogP contribution in [0, 0.1) is 5.82 Å². The Hall–Kier alpha value is -2.74. The highest BCUT2D eigenvalue weighted by molar-refractivity contribution is 5.92. The number of piperazine rings is 1. The third-order valence-electron chi connectivity index (χ3n) is 4.17. The fourth-order valence-electron chi connectivity index (χ4n) is 2.77. The molecule has 0 aliphatic carbocycles. The smallest absolute Gasteiger partial charge is 0.341 e. The van der Waals surface area contributed by atoms with Crippen LogP contribution in [-0.2, 0) is 0 Å². The normalized spacial score (nSPS) is 15.7. The predicted molar refractivity (Wildman–Crippen MR) is 89.0 cm³/mol. The van der Waals surface area contributed by atoms with Crippen molar-refractivity contribution < 1.29 is 14.3 Å². The van der Waals surface area contributed by atoms with Gasteiger partial charge in [-0.3, -0.25) is 4.79 Å². The van der Waals surface area contributed by atoms with E-state index in [0.717, 1.165) is 25.4 Å². The highest BCUT2D eigenvalue weighted by Crippen LogP contribution is 2.22. The third-order valence-corrected chi connectivity index (χ3v) is 4.17. The third kappa shape index (κ3) is 2.65. The van der Waals surface area contributed by atoms with E-state index >= 15 is 0 Å². The number of carbonyl (C=O) groups is 1. The fourth-order valence-corrected chi connectivity index (χ4v) is 2.77. The van der Waals surface area contributed by atoms with Crippen LogP contribution in [-0.4, -0.2) is 58.8 Å². The van der Waals surface area contributed by atoms with E-state index in [4.69, 9.17) is 5.11 Å². The molecule has 1 fully saturated rings. The van der Waals surface area contributed by atoms with Gasteiger partial charge in [0.2, 0.25) is 5.43 Å². The van der Waals surface area contributed by atoms with E-state index in [1.165, 1.54) is 10.8 Å². The van der Waals surface area contributed by atoms with Crippen LogP contribution in [0.2, 0.25) is 0 Å². The molecule has 1 aliphatic rings. The van der Waals surface area contributed by atoms with Gasteiger partial charge in [0.1, 0.15) is 5.56 Å². The monoisotopic (exact) mass is 332 g/mol. The number of halogens is 1. The second kappa shape index (κ2) is 6.04. The van der Waals surface area contributed by atoms with E-state index in [1.54, 1.807) is 0 Å². The summed E-state index contributed by atoms with van der Waals surface area (Å²) in [6.07, 6.45) is 2.49. The number of carboxylic acids is 1. The molecule has 0 radical (unpaired) electrons. The summed E-state index contributed by atoms with van der Waals surface area (Å²) in [6, 6.07) is 1.06. The van der Waals surface area contributed by atoms with Gasteiger partial charge in [-0.15, -0.1) is 0 Å². The number of carboxylic acid groups (broad SMARTS) is 1. The minimum absolute atomic E-state index is 0.0785. The zero-order valence-corrected chi connectivity index (χ0v) is 13.2. The van der Waals surface area contributed by atoms with Crippen molar-refractivity contribution >= 4 is 29.0 Å². The quantitative estimate of drug-likeness (QED) is 0.906. The van der Waals surface area contributed by atoms with E-state index in [1.807, 2.05) is 11.9 Å². The van der Waals surface area contributed by atoms with Crippen LogP contribution in [0.15, 0.2) is 23.6 Å². The highest BCUT2D eigenvalue weighted by Gasteiger charge is 2.22. The number of aromatic carboxylic acids is 1. The molecule has 0 saturated carbocycles. The Labute approximate surface area is 137 Å². The summed E-state index contributed by atoms with van der Waals surface area (Å²) >= 11 is 0. The topological polar surface area (TPSA) is 78.7 Å². The van der Waals surface area contributed by atoms with Crippen LogP contribution < -0.4 is 10.3 Å². The maximum absolute atomic E-state index is 14.5. The second-order valence-electron chi connectivity index (χ2n) is 5.72. The van der Waals surface area contributed by atoms with Crippen molar-refractivity contribution in [2.75, 3.05) is 38.1 Å². The van der Waals surface area contributed by atoms with Crippen molar-refractivity contribution in [3.05, 3.63) is 40.4 Å². The molecule has 2 aromatic rings. The van der Waals surface area contributed by atoms with Gasteiger partial charge in [-0.05, 0) is 13.1 Å². The van der Waals surface area contributed by atoms with Crippen molar-refractivity contribution in [1.82, 2.24) is 14.5 Å². The first-order chi connectivity index (χ1) is 11.4. The number of anilines is 1. The lowest BCUT2D eigenvalue weighted by Gasteiger charge is -2.33. The Balaban J connectivity index is 2.20. The van der Waals surface area contributed by atoms with Crippen molar-refractivity contribution in [3.63, 3.8) is 0 Å². The highest BCUT2D eigenvalue weighted by atomic mass is 19.1. The molecule has 0 atom stereocenters. The number of rotatable bonds is 3. The van der Waals surface area contributed by atoms with Gasteiger partial charge in [-0.1, -0.05) is 6.58 Å². The zero-order valence-electron chi connectivity index (χ0n) is 13.2. The maximum atomic E-state index is 14.5. The Morgan fingerprint density at radius 3 is 2.62 bits per heavy atom. The van der Waals surface area contributed by atoms with Gasteiger partial charge in [0.05, 0.1) is 5.39 Å². The van der Waals surface area contributed by atoms with E-state index in [2.05, 4.69) is 16.5 Å². The number of nitrogens with zero attached hydrogens (tertiary/aromatic N) is 4. The first-order valence-electron chi connectivity index (χ1n) is 7.47. The average Bonchev–Trinajstić information content (AvgIpc) is 2.56. The molecule has 0 aromatic carbocycles. The summed E-state index contributed by atoms with van der Waals surface area (Å²) < 4.78 is 15.8. The molecule has 1 aliphatic heterocycles. The van der Waals surface area contributed by atoms with Crippen molar-refractivity contribution in [1.29, 1.82) is 0 Å². The molecule has 8 heteroatoms. The van der Waals surface area contributed by atoms with Crippen LogP contribution in [0.5, 0.6) is 0 Å². The van der Waals surface area contributed by atoms with Gasteiger partial charge < -0.3 is 19.5 Å². The Morgan fingerprint density at radius 1 is 1.38 bits per heavy atom. The first kappa shape index (κ1) is 16.1. The zero-order chi connectivity index (χ0) is 17.4. The summed E-state index contributed by atoms with van der Waals surface area (Å²) in [5.41, 5.74) is -1.02. The van der Waals surface area contributed by atoms with Gasteiger partial charge in [0, 0.05) is 38.6 Å². The van der Waals surface area contributed by atoms with E-state index in [-0.39, 0.29) is 16.9 Å². The van der Waals surface area contributed by atoms with Gasteiger partial charge in [-0.25, -0.2) is 14.2 Å². The molecule has 3 rings (SSSR count). The molecule has 7 nitrogen and oxygen atoms in total. The standard InChI is InChI=1S/C16H17FN4O3/c1-3-20-9-11(16(23)24)13(22)10-8-12(17)15(18-14(10)20)21-6-4-19(2)5-7-21/h3,8-9H,1,4-7H2,2H3,(H,23,24). The molecule has 3 heterocycles. The molecular formula is C16H17FN4O3. The SMILES string of the molecule is C=Cn1cc(C(=O)O)c(=O)c2cc(F)c(N3CCN(C)CC3)nc21. The van der Waals surface area contributed by atoms with Gasteiger partial charge in [0.15, 0.2) is 17.3 Å². The molecule has 2 aromatic heterocycles. The Kier molecular flexibility index (Phi) is 4.06. The lowest BCUT2D eigenvalue weighted by molar-refractivity contribution is 0.0695. The number of aromatic nitrogens is 2. The molecule has 0 spiro atoms. The predicted octanol–water partition coefficient (Wildman–Crippen LogP) is 1.09. The van der Waals surface area contributed by atoms with Crippen molar-refractivity contribution in [2.45, 2.75) is 0 Å². The van der Waals surface area contributed by atoms with Crippen molar-refractivity contribution in [3.8, 4) is 0 Å². The second-order valence-corrected chi connectivity index (χ2v) is 5.72. The lowest BCUT2D eigenvalue weighted by atomic mass is 10.2. The van der Waals surface area contributed by atoms with E-state index in [9.17, 15) is 14.0 Å². The summed E-state index contributed by atoms with van der Waals surface area (Å²) in [5, 5.41) is 9.04. The number of hydrogen-bond donors (Lipinski definition) is 1. The van der Waals surface area contributed by atoms with Gasteiger partial charge >= 0.3 is 5.97 Å². The van der Waals surface area contributed by atoms with E-state index < -0.39 is 22.8 Å². The summed E-state index contributed by atoms with van der Waals surface area (Å²) in [7, 11) is 1.99. The molecule has 126 valence electrons. The summed E-state index contributed by atoms with van der Waals surface area (Å²) in [4.78, 5) is 31.7. The van der Waals surface area contributed by atoms with Gasteiger partial charge in [0.25, 0.3) is 0 Å². The number of hydrogen-bond acceptors (Lipinski definition) is 5. The van der Waals surface area contributed by atoms with Crippen molar-refractivity contribution in [2.24, 2.45) is 0 Å². The number of pyridine rings is 2. The molecule has 0 amide bonds. The Bertz CT molecular complexity index is 885. The largest absolute Gasteiger partial charge is 0.477 e. The van der Waals surface area contributed by atoms with Crippen LogP contribution in [0.1, 0.15) is 10.4 Å². The van der Waals surface area contributed by atoms with E-state index in [0.29, 0.717) is 13.1 Å². The average molecular weight is 332 g/mol. The lowest BCUT2D eigenvalue weighted by Crippen LogP contribution is -2.45. The van der Waals surface area contributed by atoms with Crippen LogP contribution >= 0.6 is 0 Å². The Morgan fingerprint density at radius 2 is 2.04 bits per heavy atom. The first-order valence-corrected chi connectivity index (χ1v) is 7.47. The minimum Gasteiger partial charge on any atom is -0.477 e.